The summed E-state index contributed by atoms with van der Waals surface area (Å²) in [7, 11) is 0. The quantitative estimate of drug-likeness (QED) is 0.851. The number of para-hydroxylation sites is 1. The van der Waals surface area contributed by atoms with Crippen LogP contribution in [-0.4, -0.2) is 13.1 Å². The van der Waals surface area contributed by atoms with Gasteiger partial charge in [-0.1, -0.05) is 32.0 Å². The van der Waals surface area contributed by atoms with E-state index in [1.807, 2.05) is 0 Å². The first-order valence-corrected chi connectivity index (χ1v) is 6.39. The molecule has 2 rings (SSSR count). The number of nitrogens with one attached hydrogen (secondary N) is 1. The number of fused-ring (bicyclic) bond motifs is 1. The maximum Gasteiger partial charge on any atom is 0.137 e. The van der Waals surface area contributed by atoms with E-state index in [9.17, 15) is 0 Å². The predicted molar refractivity (Wildman–Crippen MR) is 72.4 cm³/mol. The lowest BCUT2D eigenvalue weighted by Crippen LogP contribution is -2.21. The van der Waals surface area contributed by atoms with Gasteiger partial charge < -0.3 is 9.73 Å². The third-order valence-corrected chi connectivity index (χ3v) is 3.08. The maximum atomic E-state index is 5.92. The van der Waals surface area contributed by atoms with Crippen molar-refractivity contribution in [2.24, 2.45) is 5.92 Å². The van der Waals surface area contributed by atoms with Crippen LogP contribution in [0, 0.1) is 12.8 Å². The van der Waals surface area contributed by atoms with Crippen molar-refractivity contribution in [2.45, 2.75) is 27.2 Å². The molecule has 2 nitrogen and oxygen atoms in total. The molecule has 1 aromatic heterocycles. The summed E-state index contributed by atoms with van der Waals surface area (Å²) in [5.41, 5.74) is 2.26. The van der Waals surface area contributed by atoms with E-state index in [0.29, 0.717) is 5.92 Å². The molecule has 0 aliphatic carbocycles. The Bertz CT molecular complexity index is 487. The second kappa shape index (κ2) is 5.37. The molecule has 0 aliphatic rings. The highest BCUT2D eigenvalue weighted by Crippen LogP contribution is 2.24. The van der Waals surface area contributed by atoms with Crippen LogP contribution in [-0.2, 0) is 6.42 Å². The minimum absolute atomic E-state index is 0.607. The number of hydrogen-bond acceptors (Lipinski definition) is 2. The molecule has 1 N–H and O–H groups in total. The van der Waals surface area contributed by atoms with Crippen molar-refractivity contribution in [2.75, 3.05) is 13.1 Å². The standard InChI is InChI=1S/C15H21NO/c1-4-16-10-11(2)8-14-9-13-7-5-6-12(3)15(13)17-14/h5-7,9,11,16H,4,8,10H2,1-3H3. The van der Waals surface area contributed by atoms with Crippen LogP contribution in [0.15, 0.2) is 28.7 Å². The van der Waals surface area contributed by atoms with Gasteiger partial charge in [0.05, 0.1) is 0 Å². The maximum absolute atomic E-state index is 5.92. The highest BCUT2D eigenvalue weighted by molar-refractivity contribution is 5.80. The smallest absolute Gasteiger partial charge is 0.137 e. The zero-order valence-electron chi connectivity index (χ0n) is 10.9. The van der Waals surface area contributed by atoms with Gasteiger partial charge in [0.15, 0.2) is 0 Å². The normalized spacial score (nSPS) is 13.1. The molecule has 1 unspecified atom stereocenters. The molecule has 2 heteroatoms. The first-order valence-electron chi connectivity index (χ1n) is 6.39. The number of benzene rings is 1. The molecule has 1 heterocycles. The first kappa shape index (κ1) is 12.2. The van der Waals surface area contributed by atoms with Crippen molar-refractivity contribution in [1.82, 2.24) is 5.32 Å². The monoisotopic (exact) mass is 231 g/mol. The van der Waals surface area contributed by atoms with Crippen LogP contribution in [0.4, 0.5) is 0 Å². The summed E-state index contributed by atoms with van der Waals surface area (Å²) in [6.07, 6.45) is 1.00. The molecule has 0 spiro atoms. The lowest BCUT2D eigenvalue weighted by Gasteiger charge is -2.09. The Kier molecular flexibility index (Phi) is 3.85. The Morgan fingerprint density at radius 1 is 1.35 bits per heavy atom. The topological polar surface area (TPSA) is 25.2 Å². The van der Waals surface area contributed by atoms with Crippen molar-refractivity contribution in [3.05, 3.63) is 35.6 Å². The molecule has 0 saturated heterocycles. The lowest BCUT2D eigenvalue weighted by atomic mass is 10.1. The molecule has 0 bridgehead atoms. The van der Waals surface area contributed by atoms with Crippen LogP contribution in [0.25, 0.3) is 11.0 Å². The Morgan fingerprint density at radius 3 is 2.88 bits per heavy atom. The van der Waals surface area contributed by atoms with E-state index in [2.05, 4.69) is 50.4 Å². The van der Waals surface area contributed by atoms with Crippen LogP contribution in [0.5, 0.6) is 0 Å². The van der Waals surface area contributed by atoms with Crippen LogP contribution >= 0.6 is 0 Å². The van der Waals surface area contributed by atoms with Gasteiger partial charge in [-0.25, -0.2) is 0 Å². The van der Waals surface area contributed by atoms with E-state index in [-0.39, 0.29) is 0 Å². The fourth-order valence-corrected chi connectivity index (χ4v) is 2.17. The molecule has 0 fully saturated rings. The van der Waals surface area contributed by atoms with Gasteiger partial charge in [0.2, 0.25) is 0 Å². The van der Waals surface area contributed by atoms with E-state index >= 15 is 0 Å². The third kappa shape index (κ3) is 2.89. The summed E-state index contributed by atoms with van der Waals surface area (Å²) in [5, 5.41) is 4.59. The zero-order chi connectivity index (χ0) is 12.3. The van der Waals surface area contributed by atoms with Gasteiger partial charge in [-0.2, -0.15) is 0 Å². The molecule has 0 saturated carbocycles. The van der Waals surface area contributed by atoms with Crippen molar-refractivity contribution in [3.8, 4) is 0 Å². The second-order valence-electron chi connectivity index (χ2n) is 4.82. The van der Waals surface area contributed by atoms with Gasteiger partial charge in [-0.05, 0) is 37.6 Å². The molecular weight excluding hydrogens is 210 g/mol. The summed E-state index contributed by atoms with van der Waals surface area (Å²) in [4.78, 5) is 0. The third-order valence-electron chi connectivity index (χ3n) is 3.08. The summed E-state index contributed by atoms with van der Waals surface area (Å²) in [5.74, 6) is 1.70. The van der Waals surface area contributed by atoms with Gasteiger partial charge in [0.25, 0.3) is 0 Å². The van der Waals surface area contributed by atoms with Crippen molar-refractivity contribution in [1.29, 1.82) is 0 Å². The second-order valence-corrected chi connectivity index (χ2v) is 4.82. The van der Waals surface area contributed by atoms with E-state index in [1.165, 1.54) is 10.9 Å². The van der Waals surface area contributed by atoms with Gasteiger partial charge in [0, 0.05) is 11.8 Å². The SMILES string of the molecule is CCNCC(C)Cc1cc2cccc(C)c2o1. The van der Waals surface area contributed by atoms with Gasteiger partial charge in [-0.3, -0.25) is 0 Å². The minimum atomic E-state index is 0.607. The highest BCUT2D eigenvalue weighted by Gasteiger charge is 2.09. The first-order chi connectivity index (χ1) is 8.20. The van der Waals surface area contributed by atoms with Crippen LogP contribution in [0.3, 0.4) is 0 Å². The summed E-state index contributed by atoms with van der Waals surface area (Å²) < 4.78 is 5.92. The molecule has 0 amide bonds. The van der Waals surface area contributed by atoms with Crippen LogP contribution in [0.1, 0.15) is 25.2 Å². The molecule has 0 radical (unpaired) electrons. The van der Waals surface area contributed by atoms with Crippen molar-refractivity contribution in [3.63, 3.8) is 0 Å². The number of rotatable bonds is 5. The Morgan fingerprint density at radius 2 is 2.18 bits per heavy atom. The Labute approximate surface area is 103 Å². The molecule has 0 aliphatic heterocycles. The largest absolute Gasteiger partial charge is 0.461 e. The molecule has 92 valence electrons. The molecular formula is C15H21NO. The van der Waals surface area contributed by atoms with Gasteiger partial charge in [0.1, 0.15) is 11.3 Å². The van der Waals surface area contributed by atoms with Crippen molar-refractivity contribution < 1.29 is 4.42 Å². The van der Waals surface area contributed by atoms with Crippen LogP contribution < -0.4 is 5.32 Å². The van der Waals surface area contributed by atoms with E-state index < -0.39 is 0 Å². The van der Waals surface area contributed by atoms with Crippen LogP contribution in [0.2, 0.25) is 0 Å². The highest BCUT2D eigenvalue weighted by atomic mass is 16.3. The minimum Gasteiger partial charge on any atom is -0.461 e. The van der Waals surface area contributed by atoms with Gasteiger partial charge in [-0.15, -0.1) is 0 Å². The number of furan rings is 1. The summed E-state index contributed by atoms with van der Waals surface area (Å²) in [6.45, 7) is 8.56. The van der Waals surface area contributed by atoms with E-state index in [0.717, 1.165) is 30.9 Å². The predicted octanol–water partition coefficient (Wildman–Crippen LogP) is 3.53. The summed E-state index contributed by atoms with van der Waals surface area (Å²) >= 11 is 0. The average molecular weight is 231 g/mol. The molecule has 1 atom stereocenters. The molecule has 1 aromatic carbocycles. The zero-order valence-corrected chi connectivity index (χ0v) is 10.9. The fourth-order valence-electron chi connectivity index (χ4n) is 2.17. The van der Waals surface area contributed by atoms with Crippen molar-refractivity contribution >= 4 is 11.0 Å². The van der Waals surface area contributed by atoms with Gasteiger partial charge >= 0.3 is 0 Å². The number of aryl methyl sites for hydroxylation is 1. The average Bonchev–Trinajstić information content (AvgIpc) is 2.70. The lowest BCUT2D eigenvalue weighted by molar-refractivity contribution is 0.457. The Hall–Kier alpha value is -1.28. The molecule has 17 heavy (non-hydrogen) atoms. The fraction of sp³-hybridized carbons (Fsp3) is 0.467. The summed E-state index contributed by atoms with van der Waals surface area (Å²) in [6, 6.07) is 8.46. The Balaban J connectivity index is 2.11. The molecule has 2 aromatic rings. The number of hydrogen-bond donors (Lipinski definition) is 1. The van der Waals surface area contributed by atoms with E-state index in [1.54, 1.807) is 0 Å². The van der Waals surface area contributed by atoms with E-state index in [4.69, 9.17) is 4.42 Å².